The molecule has 34 heavy (non-hydrogen) atoms. The highest BCUT2D eigenvalue weighted by molar-refractivity contribution is 6.20. The van der Waals surface area contributed by atoms with Gasteiger partial charge in [-0.05, 0) is 63.6 Å². The number of amides is 1. The molecule has 0 aliphatic rings. The van der Waals surface area contributed by atoms with Crippen molar-refractivity contribution in [2.24, 2.45) is 0 Å². The smallest absolute Gasteiger partial charge is 0.444 e. The first-order valence-electron chi connectivity index (χ1n) is 10.4. The van der Waals surface area contributed by atoms with Gasteiger partial charge in [0.15, 0.2) is 0 Å². The van der Waals surface area contributed by atoms with Gasteiger partial charge in [-0.3, -0.25) is 0 Å². The van der Waals surface area contributed by atoms with Crippen molar-refractivity contribution in [3.05, 3.63) is 48.5 Å². The summed E-state index contributed by atoms with van der Waals surface area (Å²) in [6.45, 7) is 5.77. The molecule has 0 saturated heterocycles. The average molecular weight is 496 g/mol. The van der Waals surface area contributed by atoms with Crippen LogP contribution in [0.3, 0.4) is 0 Å². The molecule has 0 radical (unpaired) electrons. The average Bonchev–Trinajstić information content (AvgIpc) is 3.19. The number of ether oxygens (including phenoxy) is 2. The molecule has 2 aromatic heterocycles. The van der Waals surface area contributed by atoms with Gasteiger partial charge in [0.2, 0.25) is 5.89 Å². The van der Waals surface area contributed by atoms with Crippen LogP contribution in [0.25, 0.3) is 11.5 Å². The van der Waals surface area contributed by atoms with Crippen LogP contribution >= 0.6 is 11.6 Å². The highest BCUT2D eigenvalue weighted by Gasteiger charge is 2.27. The predicted molar refractivity (Wildman–Crippen MR) is 121 cm³/mol. The first kappa shape index (κ1) is 25.2. The Bertz CT molecular complexity index is 1100. The van der Waals surface area contributed by atoms with Crippen LogP contribution in [-0.4, -0.2) is 39.0 Å². The first-order chi connectivity index (χ1) is 16.0. The number of aromatic nitrogens is 3. The summed E-state index contributed by atoms with van der Waals surface area (Å²) < 4.78 is 40.7. The van der Waals surface area contributed by atoms with E-state index in [0.717, 1.165) is 0 Å². The number of hydrogen-bond acceptors (Lipinski definition) is 8. The van der Waals surface area contributed by atoms with Crippen LogP contribution in [0.15, 0.2) is 47.0 Å². The summed E-state index contributed by atoms with van der Waals surface area (Å²) in [6.07, 6.45) is 2.13. The number of hydrogen-bond donors (Lipinski definition) is 2. The normalized spacial score (nSPS) is 11.7. The lowest BCUT2D eigenvalue weighted by molar-refractivity contribution is -0.0964. The summed E-state index contributed by atoms with van der Waals surface area (Å²) in [5.41, 5.74) is -3.22. The molecule has 0 fully saturated rings. The SMILES string of the molecule is CC(C)(C)OC(=O)NCCCc1nnc(-c2cccnc2Nc2ccc(OC(F)(F)Cl)cc2)o1. The van der Waals surface area contributed by atoms with E-state index in [-0.39, 0.29) is 11.6 Å². The molecule has 9 nitrogen and oxygen atoms in total. The second-order valence-corrected chi connectivity index (χ2v) is 8.57. The van der Waals surface area contributed by atoms with Gasteiger partial charge in [0.05, 0.1) is 5.56 Å². The van der Waals surface area contributed by atoms with E-state index in [9.17, 15) is 13.6 Å². The maximum Gasteiger partial charge on any atom is 0.487 e. The van der Waals surface area contributed by atoms with Gasteiger partial charge in [-0.25, -0.2) is 9.78 Å². The van der Waals surface area contributed by atoms with E-state index in [1.54, 1.807) is 39.1 Å². The molecule has 0 spiro atoms. The monoisotopic (exact) mass is 495 g/mol. The number of alkyl carbamates (subject to hydrolysis) is 1. The molecule has 3 aromatic rings. The van der Waals surface area contributed by atoms with E-state index < -0.39 is 17.3 Å². The van der Waals surface area contributed by atoms with Gasteiger partial charge >= 0.3 is 11.7 Å². The Morgan fingerprint density at radius 2 is 1.88 bits per heavy atom. The van der Waals surface area contributed by atoms with Gasteiger partial charge < -0.3 is 24.5 Å². The standard InChI is InChI=1S/C22H24ClF2N5O4/c1-21(2,3)34-20(31)27-13-5-7-17-29-30-19(32-17)16-6-4-12-26-18(16)28-14-8-10-15(11-9-14)33-22(23,24)25/h4,6,8-12H,5,7,13H2,1-3H3,(H,26,28)(H,27,31). The molecule has 1 aromatic carbocycles. The third-order valence-corrected chi connectivity index (χ3v) is 4.17. The Labute approximate surface area is 199 Å². The third-order valence-electron chi connectivity index (χ3n) is 4.09. The van der Waals surface area contributed by atoms with Crippen LogP contribution in [0.4, 0.5) is 25.1 Å². The second kappa shape index (κ2) is 10.6. The van der Waals surface area contributed by atoms with Gasteiger partial charge in [0.25, 0.3) is 5.89 Å². The Hall–Kier alpha value is -3.47. The number of anilines is 2. The maximum atomic E-state index is 12.8. The fourth-order valence-electron chi connectivity index (χ4n) is 2.76. The zero-order valence-corrected chi connectivity index (χ0v) is 19.5. The fourth-order valence-corrected chi connectivity index (χ4v) is 2.85. The number of nitrogens with one attached hydrogen (secondary N) is 2. The van der Waals surface area contributed by atoms with E-state index in [4.69, 9.17) is 20.8 Å². The molecule has 2 N–H and O–H groups in total. The first-order valence-corrected chi connectivity index (χ1v) is 10.7. The summed E-state index contributed by atoms with van der Waals surface area (Å²) in [7, 11) is 0. The van der Waals surface area contributed by atoms with Gasteiger partial charge in [0, 0.05) is 36.5 Å². The molecule has 3 rings (SSSR count). The number of alkyl halides is 3. The molecule has 0 aliphatic heterocycles. The minimum Gasteiger partial charge on any atom is -0.444 e. The number of rotatable bonds is 9. The Morgan fingerprint density at radius 3 is 2.56 bits per heavy atom. The van der Waals surface area contributed by atoms with Gasteiger partial charge in [-0.15, -0.1) is 19.0 Å². The number of halogens is 3. The van der Waals surface area contributed by atoms with Crippen molar-refractivity contribution in [3.8, 4) is 17.2 Å². The molecule has 2 heterocycles. The lowest BCUT2D eigenvalue weighted by Gasteiger charge is -2.19. The van der Waals surface area contributed by atoms with Crippen LogP contribution < -0.4 is 15.4 Å². The summed E-state index contributed by atoms with van der Waals surface area (Å²) in [4.78, 5) is 16.0. The number of carbonyl (C=O) groups excluding carboxylic acids is 1. The van der Waals surface area contributed by atoms with E-state index in [1.165, 1.54) is 24.3 Å². The lowest BCUT2D eigenvalue weighted by atomic mass is 10.2. The van der Waals surface area contributed by atoms with Gasteiger partial charge in [-0.1, -0.05) is 0 Å². The summed E-state index contributed by atoms with van der Waals surface area (Å²) >= 11 is 4.78. The van der Waals surface area contributed by atoms with Crippen molar-refractivity contribution in [1.29, 1.82) is 0 Å². The van der Waals surface area contributed by atoms with E-state index >= 15 is 0 Å². The summed E-state index contributed by atoms with van der Waals surface area (Å²) in [5, 5.41) is 13.9. The summed E-state index contributed by atoms with van der Waals surface area (Å²) in [5.74, 6) is 1.00. The van der Waals surface area contributed by atoms with Crippen LogP contribution in [0.1, 0.15) is 33.1 Å². The summed E-state index contributed by atoms with van der Waals surface area (Å²) in [6, 6.07) is 9.23. The van der Waals surface area contributed by atoms with Crippen LogP contribution in [0.2, 0.25) is 0 Å². The highest BCUT2D eigenvalue weighted by Crippen LogP contribution is 2.30. The van der Waals surface area contributed by atoms with Gasteiger partial charge in [-0.2, -0.15) is 0 Å². The van der Waals surface area contributed by atoms with Crippen LogP contribution in [0.5, 0.6) is 5.75 Å². The minimum absolute atomic E-state index is 0.0884. The number of nitrogens with zero attached hydrogens (tertiary/aromatic N) is 3. The van der Waals surface area contributed by atoms with Gasteiger partial charge in [0.1, 0.15) is 17.2 Å². The quantitative estimate of drug-likeness (QED) is 0.295. The Balaban J connectivity index is 1.59. The number of carbonyl (C=O) groups is 1. The number of benzene rings is 1. The molecule has 0 aliphatic carbocycles. The van der Waals surface area contributed by atoms with Crippen LogP contribution in [0, 0.1) is 0 Å². The minimum atomic E-state index is -3.79. The van der Waals surface area contributed by atoms with Crippen molar-refractivity contribution in [2.45, 2.75) is 44.8 Å². The Kier molecular flexibility index (Phi) is 7.87. The zero-order valence-electron chi connectivity index (χ0n) is 18.8. The predicted octanol–water partition coefficient (Wildman–Crippen LogP) is 5.50. The van der Waals surface area contributed by atoms with Crippen molar-refractivity contribution in [3.63, 3.8) is 0 Å². The molecule has 182 valence electrons. The molecule has 0 bridgehead atoms. The highest BCUT2D eigenvalue weighted by atomic mass is 35.5. The van der Waals surface area contributed by atoms with E-state index in [0.29, 0.717) is 42.3 Å². The lowest BCUT2D eigenvalue weighted by Crippen LogP contribution is -2.33. The molecule has 0 unspecified atom stereocenters. The van der Waals surface area contributed by atoms with Crippen molar-refractivity contribution < 1.29 is 27.5 Å². The number of pyridine rings is 1. The second-order valence-electron chi connectivity index (χ2n) is 8.13. The molecule has 0 saturated carbocycles. The van der Waals surface area contributed by atoms with E-state index in [1.807, 2.05) is 0 Å². The maximum absolute atomic E-state index is 12.8. The van der Waals surface area contributed by atoms with Crippen molar-refractivity contribution in [1.82, 2.24) is 20.5 Å². The fraction of sp³-hybridized carbons (Fsp3) is 0.364. The topological polar surface area (TPSA) is 111 Å². The number of aryl methyl sites for hydroxylation is 1. The third kappa shape index (κ3) is 8.14. The van der Waals surface area contributed by atoms with Crippen molar-refractivity contribution in [2.75, 3.05) is 11.9 Å². The largest absolute Gasteiger partial charge is 0.487 e. The van der Waals surface area contributed by atoms with Crippen molar-refractivity contribution >= 4 is 29.2 Å². The molecular formula is C22H24ClF2N5O4. The molecular weight excluding hydrogens is 472 g/mol. The Morgan fingerprint density at radius 1 is 1.15 bits per heavy atom. The molecule has 1 amide bonds. The van der Waals surface area contributed by atoms with E-state index in [2.05, 4.69) is 30.6 Å². The van der Waals surface area contributed by atoms with Crippen LogP contribution in [-0.2, 0) is 11.2 Å². The molecule has 0 atom stereocenters. The molecule has 12 heteroatoms. The zero-order chi connectivity index (χ0) is 24.8.